The van der Waals surface area contributed by atoms with Crippen molar-refractivity contribution in [3.8, 4) is 10.6 Å². The maximum atomic E-state index is 12.9. The minimum Gasteiger partial charge on any atom is -0.299 e. The third-order valence-corrected chi connectivity index (χ3v) is 7.45. The molecule has 0 saturated carbocycles. The molecule has 1 aromatic heterocycles. The zero-order chi connectivity index (χ0) is 21.7. The van der Waals surface area contributed by atoms with Crippen LogP contribution in [0.1, 0.15) is 20.3 Å². The highest BCUT2D eigenvalue weighted by Crippen LogP contribution is 2.26. The van der Waals surface area contributed by atoms with Crippen molar-refractivity contribution < 1.29 is 13.2 Å². The van der Waals surface area contributed by atoms with E-state index in [4.69, 9.17) is 0 Å². The van der Waals surface area contributed by atoms with Gasteiger partial charge in [0, 0.05) is 10.0 Å². The van der Waals surface area contributed by atoms with Crippen molar-refractivity contribution in [2.75, 3.05) is 5.32 Å². The van der Waals surface area contributed by atoms with Crippen LogP contribution in [0.5, 0.6) is 0 Å². The fourth-order valence-corrected chi connectivity index (χ4v) is 4.99. The second kappa shape index (κ2) is 9.78. The number of nitrogens with zero attached hydrogens (tertiary/aromatic N) is 2. The van der Waals surface area contributed by atoms with E-state index in [1.165, 1.54) is 23.5 Å². The van der Waals surface area contributed by atoms with Crippen LogP contribution in [0.25, 0.3) is 10.6 Å². The summed E-state index contributed by atoms with van der Waals surface area (Å²) in [6.07, 6.45) is 0.617. The van der Waals surface area contributed by atoms with Gasteiger partial charge in [-0.05, 0) is 30.2 Å². The first-order valence-corrected chi connectivity index (χ1v) is 12.4. The molecule has 158 valence electrons. The Hall–Kier alpha value is -2.14. The Morgan fingerprint density at radius 1 is 1.10 bits per heavy atom. The molecule has 0 aliphatic carbocycles. The van der Waals surface area contributed by atoms with Gasteiger partial charge in [0.05, 0.1) is 4.90 Å². The quantitative estimate of drug-likeness (QED) is 0.472. The normalized spacial score (nSPS) is 13.6. The topological polar surface area (TPSA) is 101 Å². The monoisotopic (exact) mass is 508 g/mol. The van der Waals surface area contributed by atoms with Gasteiger partial charge in [0.1, 0.15) is 11.0 Å². The molecular weight excluding hydrogens is 488 g/mol. The van der Waals surface area contributed by atoms with Crippen molar-refractivity contribution in [3.05, 3.63) is 59.1 Å². The van der Waals surface area contributed by atoms with Crippen LogP contribution in [0.4, 0.5) is 5.13 Å². The van der Waals surface area contributed by atoms with Gasteiger partial charge in [0.2, 0.25) is 21.1 Å². The molecule has 0 radical (unpaired) electrons. The SMILES string of the molecule is CC[C@H](C)[C@@H](NS(=O)(=O)c1ccc(Br)cc1)C(=O)Nc1nnc(-c2ccccc2)s1. The number of hydrogen-bond acceptors (Lipinski definition) is 6. The summed E-state index contributed by atoms with van der Waals surface area (Å²) in [6.45, 7) is 3.72. The van der Waals surface area contributed by atoms with Gasteiger partial charge in [-0.2, -0.15) is 4.72 Å². The molecule has 0 spiro atoms. The summed E-state index contributed by atoms with van der Waals surface area (Å²) in [5.74, 6) is -0.697. The van der Waals surface area contributed by atoms with E-state index in [2.05, 4.69) is 36.2 Å². The van der Waals surface area contributed by atoms with Crippen molar-refractivity contribution in [1.82, 2.24) is 14.9 Å². The number of amides is 1. The first-order valence-electron chi connectivity index (χ1n) is 9.28. The maximum Gasteiger partial charge on any atom is 0.244 e. The van der Waals surface area contributed by atoms with E-state index in [-0.39, 0.29) is 10.8 Å². The summed E-state index contributed by atoms with van der Waals surface area (Å²) in [5, 5.41) is 11.8. The number of aromatic nitrogens is 2. The first kappa shape index (κ1) is 22.5. The van der Waals surface area contributed by atoms with Crippen LogP contribution in [-0.4, -0.2) is 30.6 Å². The summed E-state index contributed by atoms with van der Waals surface area (Å²) in [7, 11) is -3.87. The molecule has 0 aliphatic rings. The van der Waals surface area contributed by atoms with Crippen LogP contribution in [0.15, 0.2) is 64.0 Å². The van der Waals surface area contributed by atoms with Crippen molar-refractivity contribution >= 4 is 48.3 Å². The molecule has 0 fully saturated rings. The smallest absolute Gasteiger partial charge is 0.244 e. The molecule has 0 bridgehead atoms. The third-order valence-electron chi connectivity index (χ3n) is 4.58. The number of rotatable bonds is 8. The number of carbonyl (C=O) groups excluding carboxylic acids is 1. The Morgan fingerprint density at radius 2 is 1.77 bits per heavy atom. The van der Waals surface area contributed by atoms with E-state index >= 15 is 0 Å². The summed E-state index contributed by atoms with van der Waals surface area (Å²) in [5.41, 5.74) is 0.893. The zero-order valence-electron chi connectivity index (χ0n) is 16.4. The molecule has 0 saturated heterocycles. The van der Waals surface area contributed by atoms with Gasteiger partial charge < -0.3 is 0 Å². The average molecular weight is 509 g/mol. The molecule has 10 heteroatoms. The van der Waals surface area contributed by atoms with E-state index in [1.807, 2.05) is 44.2 Å². The summed E-state index contributed by atoms with van der Waals surface area (Å²) in [6, 6.07) is 14.8. The molecule has 2 aromatic carbocycles. The molecule has 3 rings (SSSR count). The Balaban J connectivity index is 1.78. The van der Waals surface area contributed by atoms with E-state index in [9.17, 15) is 13.2 Å². The van der Waals surface area contributed by atoms with Crippen LogP contribution in [0.3, 0.4) is 0 Å². The Morgan fingerprint density at radius 3 is 2.40 bits per heavy atom. The molecule has 3 aromatic rings. The fourth-order valence-electron chi connectivity index (χ4n) is 2.67. The maximum absolute atomic E-state index is 12.9. The zero-order valence-corrected chi connectivity index (χ0v) is 19.6. The van der Waals surface area contributed by atoms with Crippen molar-refractivity contribution in [2.24, 2.45) is 5.92 Å². The second-order valence-corrected chi connectivity index (χ2v) is 10.3. The number of anilines is 1. The molecule has 30 heavy (non-hydrogen) atoms. The molecular formula is C20H21BrN4O3S2. The lowest BCUT2D eigenvalue weighted by molar-refractivity contribution is -0.118. The number of halogens is 1. The van der Waals surface area contributed by atoms with E-state index in [0.29, 0.717) is 16.6 Å². The number of sulfonamides is 1. The fraction of sp³-hybridized carbons (Fsp3) is 0.250. The van der Waals surface area contributed by atoms with Crippen molar-refractivity contribution in [3.63, 3.8) is 0 Å². The predicted octanol–water partition coefficient (Wildman–Crippen LogP) is 4.30. The standard InChI is InChI=1S/C20H21BrN4O3S2/c1-3-13(2)17(25-30(27,28)16-11-9-15(21)10-12-16)18(26)22-20-24-23-19(29-20)14-7-5-4-6-8-14/h4-13,17,25H,3H2,1-2H3,(H,22,24,26)/t13-,17+/m0/s1. The molecule has 0 unspecified atom stereocenters. The van der Waals surface area contributed by atoms with Gasteiger partial charge >= 0.3 is 0 Å². The van der Waals surface area contributed by atoms with Gasteiger partial charge in [-0.25, -0.2) is 8.42 Å². The first-order chi connectivity index (χ1) is 14.3. The predicted molar refractivity (Wildman–Crippen MR) is 122 cm³/mol. The molecule has 0 aliphatic heterocycles. The van der Waals surface area contributed by atoms with Crippen LogP contribution in [-0.2, 0) is 14.8 Å². The highest BCUT2D eigenvalue weighted by Gasteiger charge is 2.30. The van der Waals surface area contributed by atoms with Crippen molar-refractivity contribution in [1.29, 1.82) is 0 Å². The highest BCUT2D eigenvalue weighted by atomic mass is 79.9. The van der Waals surface area contributed by atoms with Crippen LogP contribution >= 0.6 is 27.3 Å². The van der Waals surface area contributed by atoms with Gasteiger partial charge in [-0.3, -0.25) is 10.1 Å². The minimum atomic E-state index is -3.87. The van der Waals surface area contributed by atoms with Gasteiger partial charge in [-0.15, -0.1) is 10.2 Å². The third kappa shape index (κ3) is 5.51. The summed E-state index contributed by atoms with van der Waals surface area (Å²) < 4.78 is 28.9. The lowest BCUT2D eigenvalue weighted by Gasteiger charge is -2.22. The number of carbonyl (C=O) groups is 1. The van der Waals surface area contributed by atoms with E-state index in [0.717, 1.165) is 10.0 Å². The van der Waals surface area contributed by atoms with Crippen molar-refractivity contribution in [2.45, 2.75) is 31.2 Å². The minimum absolute atomic E-state index is 0.0917. The lowest BCUT2D eigenvalue weighted by Crippen LogP contribution is -2.47. The molecule has 2 N–H and O–H groups in total. The van der Waals surface area contributed by atoms with Gasteiger partial charge in [0.15, 0.2) is 0 Å². The molecule has 1 heterocycles. The lowest BCUT2D eigenvalue weighted by atomic mass is 9.99. The Bertz CT molecular complexity index is 1100. The number of benzene rings is 2. The molecule has 7 nitrogen and oxygen atoms in total. The van der Waals surface area contributed by atoms with Gasteiger partial charge in [0.25, 0.3) is 0 Å². The largest absolute Gasteiger partial charge is 0.299 e. The second-order valence-electron chi connectivity index (χ2n) is 6.71. The molecule has 2 atom stereocenters. The Kier molecular flexibility index (Phi) is 7.35. The van der Waals surface area contributed by atoms with Crippen LogP contribution < -0.4 is 10.0 Å². The van der Waals surface area contributed by atoms with Crippen LogP contribution in [0.2, 0.25) is 0 Å². The highest BCUT2D eigenvalue weighted by molar-refractivity contribution is 9.10. The number of nitrogens with one attached hydrogen (secondary N) is 2. The molecule has 1 amide bonds. The van der Waals surface area contributed by atoms with Crippen LogP contribution in [0, 0.1) is 5.92 Å². The number of hydrogen-bond donors (Lipinski definition) is 2. The summed E-state index contributed by atoms with van der Waals surface area (Å²) in [4.78, 5) is 13.0. The summed E-state index contributed by atoms with van der Waals surface area (Å²) >= 11 is 4.52. The Labute approximate surface area is 188 Å². The van der Waals surface area contributed by atoms with Gasteiger partial charge in [-0.1, -0.05) is 77.9 Å². The van der Waals surface area contributed by atoms with E-state index < -0.39 is 22.0 Å². The average Bonchev–Trinajstić information content (AvgIpc) is 3.21. The van der Waals surface area contributed by atoms with E-state index in [1.54, 1.807) is 12.1 Å².